The lowest BCUT2D eigenvalue weighted by molar-refractivity contribution is 0.101. The SMILES string of the molecule is CC(=O)c1cccc(SCc2c(C)nn(C)c2Cl)c1. The van der Waals surface area contributed by atoms with Crippen LogP contribution in [0.3, 0.4) is 0 Å². The van der Waals surface area contributed by atoms with Crippen LogP contribution in [0.5, 0.6) is 0 Å². The Hall–Kier alpha value is -1.26. The first-order valence-electron chi connectivity index (χ1n) is 5.91. The minimum atomic E-state index is 0.0815. The zero-order valence-corrected chi connectivity index (χ0v) is 12.7. The van der Waals surface area contributed by atoms with Gasteiger partial charge in [0.15, 0.2) is 5.78 Å². The molecule has 0 unspecified atom stereocenters. The molecule has 0 aliphatic rings. The number of aryl methyl sites for hydroxylation is 2. The second-order valence-corrected chi connectivity index (χ2v) is 5.76. The molecule has 0 bridgehead atoms. The van der Waals surface area contributed by atoms with Crippen LogP contribution in [0.4, 0.5) is 0 Å². The van der Waals surface area contributed by atoms with Crippen molar-refractivity contribution in [1.82, 2.24) is 9.78 Å². The topological polar surface area (TPSA) is 34.9 Å². The maximum atomic E-state index is 11.3. The van der Waals surface area contributed by atoms with Gasteiger partial charge in [-0.2, -0.15) is 5.10 Å². The Morgan fingerprint density at radius 3 is 2.79 bits per heavy atom. The Bertz CT molecular complexity index is 622. The summed E-state index contributed by atoms with van der Waals surface area (Å²) in [5, 5.41) is 4.96. The highest BCUT2D eigenvalue weighted by atomic mass is 35.5. The number of carbonyl (C=O) groups is 1. The third kappa shape index (κ3) is 3.19. The van der Waals surface area contributed by atoms with Gasteiger partial charge in [0, 0.05) is 28.8 Å². The molecule has 1 heterocycles. The van der Waals surface area contributed by atoms with Gasteiger partial charge in [0.1, 0.15) is 5.15 Å². The van der Waals surface area contributed by atoms with Gasteiger partial charge in [0.2, 0.25) is 0 Å². The third-order valence-electron chi connectivity index (χ3n) is 2.89. The lowest BCUT2D eigenvalue weighted by Gasteiger charge is -2.03. The second kappa shape index (κ2) is 5.80. The minimum Gasteiger partial charge on any atom is -0.295 e. The van der Waals surface area contributed by atoms with Gasteiger partial charge in [-0.05, 0) is 26.0 Å². The molecule has 1 aromatic carbocycles. The van der Waals surface area contributed by atoms with Crippen LogP contribution in [-0.4, -0.2) is 15.6 Å². The maximum Gasteiger partial charge on any atom is 0.159 e. The average Bonchev–Trinajstić information content (AvgIpc) is 2.61. The number of ketones is 1. The van der Waals surface area contributed by atoms with E-state index in [2.05, 4.69) is 5.10 Å². The largest absolute Gasteiger partial charge is 0.295 e. The van der Waals surface area contributed by atoms with Crippen molar-refractivity contribution >= 4 is 29.1 Å². The highest BCUT2D eigenvalue weighted by molar-refractivity contribution is 7.98. The highest BCUT2D eigenvalue weighted by Gasteiger charge is 2.11. The van der Waals surface area contributed by atoms with Crippen LogP contribution < -0.4 is 0 Å². The standard InChI is InChI=1S/C14H15ClN2OS/c1-9-13(14(15)17(3)16-9)8-19-12-6-4-5-11(7-12)10(2)18/h4-7H,8H2,1-3H3. The van der Waals surface area contributed by atoms with Gasteiger partial charge >= 0.3 is 0 Å². The van der Waals surface area contributed by atoms with Crippen LogP contribution in [0.2, 0.25) is 5.15 Å². The molecule has 1 aromatic heterocycles. The summed E-state index contributed by atoms with van der Waals surface area (Å²) in [6.45, 7) is 3.53. The molecule has 0 amide bonds. The van der Waals surface area contributed by atoms with Gasteiger partial charge in [-0.1, -0.05) is 23.7 Å². The first-order valence-corrected chi connectivity index (χ1v) is 7.27. The van der Waals surface area contributed by atoms with Gasteiger partial charge < -0.3 is 0 Å². The number of carbonyl (C=O) groups excluding carboxylic acids is 1. The minimum absolute atomic E-state index is 0.0815. The van der Waals surface area contributed by atoms with E-state index in [9.17, 15) is 4.79 Å². The Morgan fingerprint density at radius 1 is 1.47 bits per heavy atom. The van der Waals surface area contributed by atoms with Crippen molar-refractivity contribution in [1.29, 1.82) is 0 Å². The molecule has 5 heteroatoms. The van der Waals surface area contributed by atoms with Crippen LogP contribution >= 0.6 is 23.4 Å². The van der Waals surface area contributed by atoms with Crippen molar-refractivity contribution in [3.8, 4) is 0 Å². The zero-order valence-electron chi connectivity index (χ0n) is 11.1. The molecule has 0 aliphatic heterocycles. The number of hydrogen-bond donors (Lipinski definition) is 0. The molecule has 0 spiro atoms. The molecular formula is C14H15ClN2OS. The molecular weight excluding hydrogens is 280 g/mol. The van der Waals surface area contributed by atoms with E-state index in [0.29, 0.717) is 5.15 Å². The first kappa shape index (κ1) is 14.2. The van der Waals surface area contributed by atoms with E-state index >= 15 is 0 Å². The smallest absolute Gasteiger partial charge is 0.159 e. The normalized spacial score (nSPS) is 10.7. The Morgan fingerprint density at radius 2 is 2.21 bits per heavy atom. The van der Waals surface area contributed by atoms with Crippen LogP contribution in [-0.2, 0) is 12.8 Å². The number of aromatic nitrogens is 2. The molecule has 100 valence electrons. The second-order valence-electron chi connectivity index (χ2n) is 4.35. The predicted molar refractivity (Wildman–Crippen MR) is 79.0 cm³/mol. The van der Waals surface area contributed by atoms with E-state index in [4.69, 9.17) is 11.6 Å². The number of thioether (sulfide) groups is 1. The van der Waals surface area contributed by atoms with Crippen molar-refractivity contribution in [2.45, 2.75) is 24.5 Å². The van der Waals surface area contributed by atoms with Crippen molar-refractivity contribution in [2.75, 3.05) is 0 Å². The fourth-order valence-electron chi connectivity index (χ4n) is 1.80. The number of rotatable bonds is 4. The van der Waals surface area contributed by atoms with E-state index in [1.165, 1.54) is 0 Å². The molecule has 3 nitrogen and oxygen atoms in total. The monoisotopic (exact) mass is 294 g/mol. The maximum absolute atomic E-state index is 11.3. The number of benzene rings is 1. The van der Waals surface area contributed by atoms with E-state index in [-0.39, 0.29) is 5.78 Å². The Kier molecular flexibility index (Phi) is 4.32. The summed E-state index contributed by atoms with van der Waals surface area (Å²) in [5.41, 5.74) is 2.73. The molecule has 19 heavy (non-hydrogen) atoms. The summed E-state index contributed by atoms with van der Waals surface area (Å²) in [4.78, 5) is 12.4. The van der Waals surface area contributed by atoms with Gasteiger partial charge in [0.25, 0.3) is 0 Å². The molecule has 0 saturated carbocycles. The van der Waals surface area contributed by atoms with Crippen molar-refractivity contribution in [2.24, 2.45) is 7.05 Å². The summed E-state index contributed by atoms with van der Waals surface area (Å²) in [6.07, 6.45) is 0. The fraction of sp³-hybridized carbons (Fsp3) is 0.286. The van der Waals surface area contributed by atoms with Crippen molar-refractivity contribution in [3.05, 3.63) is 46.2 Å². The summed E-state index contributed by atoms with van der Waals surface area (Å²) in [7, 11) is 1.83. The predicted octanol–water partition coefficient (Wildman–Crippen LogP) is 3.88. The van der Waals surface area contributed by atoms with E-state index in [0.717, 1.165) is 27.5 Å². The highest BCUT2D eigenvalue weighted by Crippen LogP contribution is 2.28. The van der Waals surface area contributed by atoms with E-state index in [1.54, 1.807) is 23.4 Å². The zero-order chi connectivity index (χ0) is 14.0. The first-order chi connectivity index (χ1) is 8.99. The number of halogens is 1. The van der Waals surface area contributed by atoms with Gasteiger partial charge in [0.05, 0.1) is 5.69 Å². The van der Waals surface area contributed by atoms with E-state index < -0.39 is 0 Å². The Labute approximate surface area is 122 Å². The molecule has 0 fully saturated rings. The lowest BCUT2D eigenvalue weighted by atomic mass is 10.2. The summed E-state index contributed by atoms with van der Waals surface area (Å²) in [6, 6.07) is 7.63. The lowest BCUT2D eigenvalue weighted by Crippen LogP contribution is -1.91. The Balaban J connectivity index is 2.14. The average molecular weight is 295 g/mol. The van der Waals surface area contributed by atoms with Crippen molar-refractivity contribution < 1.29 is 4.79 Å². The van der Waals surface area contributed by atoms with Crippen molar-refractivity contribution in [3.63, 3.8) is 0 Å². The van der Waals surface area contributed by atoms with Crippen LogP contribution in [0.15, 0.2) is 29.2 Å². The van der Waals surface area contributed by atoms with Gasteiger partial charge in [-0.3, -0.25) is 9.48 Å². The summed E-state index contributed by atoms with van der Waals surface area (Å²) in [5.74, 6) is 0.831. The molecule has 2 aromatic rings. The molecule has 0 atom stereocenters. The van der Waals surface area contributed by atoms with Crippen LogP contribution in [0.1, 0.15) is 28.5 Å². The molecule has 2 rings (SSSR count). The number of nitrogens with zero attached hydrogens (tertiary/aromatic N) is 2. The molecule has 0 N–H and O–H groups in total. The van der Waals surface area contributed by atoms with E-state index in [1.807, 2.05) is 38.2 Å². The third-order valence-corrected chi connectivity index (χ3v) is 4.39. The summed E-state index contributed by atoms with van der Waals surface area (Å²) < 4.78 is 1.68. The molecule has 0 aliphatic carbocycles. The fourth-order valence-corrected chi connectivity index (χ4v) is 3.16. The number of Topliss-reactive ketones (excluding diaryl/α,β-unsaturated/α-hetero) is 1. The van der Waals surface area contributed by atoms with Crippen LogP contribution in [0, 0.1) is 6.92 Å². The van der Waals surface area contributed by atoms with Gasteiger partial charge in [-0.25, -0.2) is 0 Å². The van der Waals surface area contributed by atoms with Crippen LogP contribution in [0.25, 0.3) is 0 Å². The molecule has 0 radical (unpaired) electrons. The summed E-state index contributed by atoms with van der Waals surface area (Å²) >= 11 is 7.85. The quantitative estimate of drug-likeness (QED) is 0.634. The molecule has 0 saturated heterocycles. The number of hydrogen-bond acceptors (Lipinski definition) is 3. The van der Waals surface area contributed by atoms with Gasteiger partial charge in [-0.15, -0.1) is 11.8 Å².